The number of fused-ring (bicyclic) bond motifs is 2. The topological polar surface area (TPSA) is 91.5 Å². The van der Waals surface area contributed by atoms with Crippen LogP contribution in [0.2, 0.25) is 0 Å². The summed E-state index contributed by atoms with van der Waals surface area (Å²) in [4.78, 5) is 14.2. The molecule has 0 radical (unpaired) electrons. The van der Waals surface area contributed by atoms with Crippen LogP contribution in [0.3, 0.4) is 0 Å². The van der Waals surface area contributed by atoms with Gasteiger partial charge in [0.15, 0.2) is 11.2 Å². The number of aromatic nitrogens is 2. The largest absolute Gasteiger partial charge is 0.507 e. The molecule has 0 aliphatic carbocycles. The van der Waals surface area contributed by atoms with Gasteiger partial charge in [-0.2, -0.15) is 0 Å². The number of rotatable bonds is 2. The van der Waals surface area contributed by atoms with E-state index >= 15 is 4.39 Å². The summed E-state index contributed by atoms with van der Waals surface area (Å²) in [5.41, 5.74) is 1.09. The van der Waals surface area contributed by atoms with E-state index in [0.29, 0.717) is 47.4 Å². The van der Waals surface area contributed by atoms with E-state index in [9.17, 15) is 9.90 Å². The molecule has 8 heteroatoms. The van der Waals surface area contributed by atoms with Crippen LogP contribution >= 0.6 is 0 Å². The molecule has 7 nitrogen and oxygen atoms in total. The molecule has 0 bridgehead atoms. The van der Waals surface area contributed by atoms with Gasteiger partial charge in [0.1, 0.15) is 17.5 Å². The van der Waals surface area contributed by atoms with Gasteiger partial charge in [-0.1, -0.05) is 0 Å². The molecule has 32 heavy (non-hydrogen) atoms. The Morgan fingerprint density at radius 3 is 2.78 bits per heavy atom. The highest BCUT2D eigenvalue weighted by atomic mass is 19.1. The van der Waals surface area contributed by atoms with E-state index < -0.39 is 11.7 Å². The smallest absolute Gasteiger partial charge is 0.192 e. The first kappa shape index (κ1) is 20.9. The van der Waals surface area contributed by atoms with Crippen molar-refractivity contribution >= 4 is 16.8 Å². The second-order valence-corrected chi connectivity index (χ2v) is 10.1. The number of hydrogen-bond donors (Lipinski definition) is 2. The molecule has 1 aromatic carbocycles. The molecular weight excluding hydrogens is 411 g/mol. The summed E-state index contributed by atoms with van der Waals surface area (Å²) in [6, 6.07) is 5.90. The maximum absolute atomic E-state index is 15.5. The first-order valence-electron chi connectivity index (χ1n) is 10.9. The highest BCUT2D eigenvalue weighted by Crippen LogP contribution is 2.40. The molecule has 0 unspecified atom stereocenters. The predicted molar refractivity (Wildman–Crippen MR) is 121 cm³/mol. The van der Waals surface area contributed by atoms with Gasteiger partial charge in [0.25, 0.3) is 0 Å². The van der Waals surface area contributed by atoms with Crippen LogP contribution in [0, 0.1) is 0 Å². The highest BCUT2D eigenvalue weighted by molar-refractivity contribution is 5.86. The molecule has 2 N–H and O–H groups in total. The van der Waals surface area contributed by atoms with Gasteiger partial charge in [-0.15, -0.1) is 10.2 Å². The fraction of sp³-hybridized carbons (Fsp3) is 0.458. The third-order valence-electron chi connectivity index (χ3n) is 6.61. The number of phenolic OH excluding ortho intramolecular Hbond substituents is 1. The van der Waals surface area contributed by atoms with Crippen LogP contribution in [0.25, 0.3) is 22.2 Å². The zero-order valence-electron chi connectivity index (χ0n) is 18.6. The molecule has 0 spiro atoms. The van der Waals surface area contributed by atoms with Crippen molar-refractivity contribution in [2.45, 2.75) is 63.8 Å². The monoisotopic (exact) mass is 438 g/mol. The molecule has 2 aliphatic rings. The minimum atomic E-state index is -1.06. The molecule has 1 fully saturated rings. The number of anilines is 1. The summed E-state index contributed by atoms with van der Waals surface area (Å²) in [6.45, 7) is 8.65. The first-order chi connectivity index (χ1) is 15.1. The Labute approximate surface area is 185 Å². The van der Waals surface area contributed by atoms with Gasteiger partial charge in [-0.3, -0.25) is 4.79 Å². The number of piperidine rings is 1. The van der Waals surface area contributed by atoms with Crippen LogP contribution in [0.4, 0.5) is 10.2 Å². The van der Waals surface area contributed by atoms with Gasteiger partial charge >= 0.3 is 0 Å². The van der Waals surface area contributed by atoms with Crippen molar-refractivity contribution in [1.29, 1.82) is 0 Å². The number of hydrogen-bond acceptors (Lipinski definition) is 7. The van der Waals surface area contributed by atoms with E-state index in [0.717, 1.165) is 5.56 Å². The van der Waals surface area contributed by atoms with Gasteiger partial charge < -0.3 is 19.7 Å². The fourth-order valence-electron chi connectivity index (χ4n) is 5.34. The number of halogens is 1. The Morgan fingerprint density at radius 1 is 1.22 bits per heavy atom. The van der Waals surface area contributed by atoms with Crippen molar-refractivity contribution in [1.82, 2.24) is 15.5 Å². The summed E-state index contributed by atoms with van der Waals surface area (Å²) < 4.78 is 20.8. The van der Waals surface area contributed by atoms with Crippen molar-refractivity contribution in [2.24, 2.45) is 0 Å². The van der Waals surface area contributed by atoms with Gasteiger partial charge in [-0.05, 0) is 52.7 Å². The summed E-state index contributed by atoms with van der Waals surface area (Å²) in [5.74, 6) is 0.649. The number of aromatic hydroxyl groups is 1. The Hall–Kier alpha value is -3.00. The summed E-state index contributed by atoms with van der Waals surface area (Å²) in [5, 5.41) is 23.1. The van der Waals surface area contributed by atoms with Gasteiger partial charge in [0.05, 0.1) is 23.4 Å². The number of alkyl halides is 1. The molecule has 4 heterocycles. The van der Waals surface area contributed by atoms with Crippen LogP contribution < -0.4 is 15.6 Å². The van der Waals surface area contributed by atoms with Crippen LogP contribution in [-0.4, -0.2) is 45.1 Å². The first-order valence-corrected chi connectivity index (χ1v) is 10.9. The lowest BCUT2D eigenvalue weighted by molar-refractivity contribution is 0.0555. The predicted octanol–water partition coefficient (Wildman–Crippen LogP) is 3.58. The quantitative estimate of drug-likeness (QED) is 0.632. The van der Waals surface area contributed by atoms with E-state index in [1.165, 1.54) is 18.4 Å². The number of phenols is 1. The number of nitrogens with one attached hydrogen (secondary N) is 1. The molecule has 2 atom stereocenters. The van der Waals surface area contributed by atoms with Gasteiger partial charge in [-0.25, -0.2) is 4.39 Å². The molecule has 2 aromatic heterocycles. The van der Waals surface area contributed by atoms with Crippen molar-refractivity contribution in [3.05, 3.63) is 46.3 Å². The average Bonchev–Trinajstić information content (AvgIpc) is 3.13. The van der Waals surface area contributed by atoms with E-state index in [4.69, 9.17) is 4.42 Å². The SMILES string of the molecule is CC1(C)C[C@H](N2CCc3cc(-c4cc5c(=O)ccoc5cc4O)nnc32)[C@H](F)C(C)(C)N1. The van der Waals surface area contributed by atoms with Crippen molar-refractivity contribution in [3.8, 4) is 17.0 Å². The zero-order chi connectivity index (χ0) is 22.8. The number of nitrogens with zero attached hydrogens (tertiary/aromatic N) is 3. The lowest BCUT2D eigenvalue weighted by atomic mass is 9.77. The summed E-state index contributed by atoms with van der Waals surface area (Å²) in [6.07, 6.45) is 1.61. The fourth-order valence-corrected chi connectivity index (χ4v) is 5.34. The zero-order valence-corrected chi connectivity index (χ0v) is 18.6. The van der Waals surface area contributed by atoms with E-state index in [2.05, 4.69) is 29.4 Å². The van der Waals surface area contributed by atoms with Crippen molar-refractivity contribution < 1.29 is 13.9 Å². The van der Waals surface area contributed by atoms with E-state index in [1.54, 1.807) is 6.07 Å². The Balaban J connectivity index is 1.52. The average molecular weight is 439 g/mol. The molecular formula is C24H27FN4O3. The van der Waals surface area contributed by atoms with E-state index in [1.807, 2.05) is 24.8 Å². The van der Waals surface area contributed by atoms with Crippen molar-refractivity contribution in [2.75, 3.05) is 11.4 Å². The third kappa shape index (κ3) is 3.33. The maximum Gasteiger partial charge on any atom is 0.192 e. The van der Waals surface area contributed by atoms with Crippen LogP contribution in [-0.2, 0) is 6.42 Å². The maximum atomic E-state index is 15.5. The second kappa shape index (κ2) is 7.00. The molecule has 3 aromatic rings. The Bertz CT molecular complexity index is 1270. The minimum absolute atomic E-state index is 0.0402. The van der Waals surface area contributed by atoms with Gasteiger partial charge in [0.2, 0.25) is 0 Å². The van der Waals surface area contributed by atoms with Crippen LogP contribution in [0.5, 0.6) is 5.75 Å². The normalized spacial score (nSPS) is 24.0. The Kier molecular flexibility index (Phi) is 4.57. The lowest BCUT2D eigenvalue weighted by Gasteiger charge is -2.51. The van der Waals surface area contributed by atoms with Crippen LogP contribution in [0.15, 0.2) is 39.7 Å². The highest BCUT2D eigenvalue weighted by Gasteiger charge is 2.49. The Morgan fingerprint density at radius 2 is 2.00 bits per heavy atom. The molecule has 5 rings (SSSR count). The molecule has 0 saturated carbocycles. The van der Waals surface area contributed by atoms with Gasteiger partial charge in [0, 0.05) is 40.9 Å². The summed E-state index contributed by atoms with van der Waals surface area (Å²) in [7, 11) is 0. The second-order valence-electron chi connectivity index (χ2n) is 10.1. The standard InChI is InChI=1S/C24H27FN4O3/c1-23(2)12-17(21(25)24(3,4)28-23)29-7-5-13-9-16(26-27-22(13)29)14-10-15-18(30)6-8-32-20(15)11-19(14)31/h6,8-11,17,21,28,31H,5,7,12H2,1-4H3/t17-,21-/m0/s1. The third-order valence-corrected chi connectivity index (χ3v) is 6.61. The van der Waals surface area contributed by atoms with E-state index in [-0.39, 0.29) is 22.8 Å². The van der Waals surface area contributed by atoms with Crippen molar-refractivity contribution in [3.63, 3.8) is 0 Å². The summed E-state index contributed by atoms with van der Waals surface area (Å²) >= 11 is 0. The number of benzene rings is 1. The molecule has 0 amide bonds. The molecule has 2 aliphatic heterocycles. The lowest BCUT2D eigenvalue weighted by Crippen LogP contribution is -2.69. The van der Waals surface area contributed by atoms with Crippen LogP contribution in [0.1, 0.15) is 39.7 Å². The molecule has 1 saturated heterocycles. The molecule has 168 valence electrons. The minimum Gasteiger partial charge on any atom is -0.507 e.